The van der Waals surface area contributed by atoms with E-state index in [4.69, 9.17) is 14.2 Å². The van der Waals surface area contributed by atoms with E-state index in [9.17, 15) is 4.79 Å². The Balaban J connectivity index is 2.36. The van der Waals surface area contributed by atoms with E-state index in [2.05, 4.69) is 9.97 Å². The van der Waals surface area contributed by atoms with Gasteiger partial charge in [0, 0.05) is 6.20 Å². The van der Waals surface area contributed by atoms with Gasteiger partial charge in [0.2, 0.25) is 17.5 Å². The highest BCUT2D eigenvalue weighted by Gasteiger charge is 2.13. The minimum atomic E-state index is -0.322. The summed E-state index contributed by atoms with van der Waals surface area (Å²) in [5.41, 5.74) is 0.567. The predicted molar refractivity (Wildman–Crippen MR) is 66.4 cm³/mol. The smallest absolute Gasteiger partial charge is 0.311 e. The maximum atomic E-state index is 11.4. The van der Waals surface area contributed by atoms with Crippen molar-refractivity contribution in [3.63, 3.8) is 0 Å². The number of imidazole rings is 1. The van der Waals surface area contributed by atoms with Crippen LogP contribution in [0.5, 0.6) is 11.8 Å². The van der Waals surface area contributed by atoms with Gasteiger partial charge in [-0.1, -0.05) is 0 Å². The van der Waals surface area contributed by atoms with Gasteiger partial charge in [0.25, 0.3) is 0 Å². The van der Waals surface area contributed by atoms with E-state index < -0.39 is 0 Å². The van der Waals surface area contributed by atoms with Crippen LogP contribution in [0.25, 0.3) is 5.78 Å². The van der Waals surface area contributed by atoms with Gasteiger partial charge >= 0.3 is 5.97 Å². The average Bonchev–Trinajstić information content (AvgIpc) is 2.79. The van der Waals surface area contributed by atoms with Crippen LogP contribution in [0.1, 0.15) is 12.6 Å². The Morgan fingerprint density at radius 3 is 2.74 bits per heavy atom. The highest BCUT2D eigenvalue weighted by molar-refractivity contribution is 5.72. The number of hydrogen-bond donors (Lipinski definition) is 0. The molecule has 0 N–H and O–H groups in total. The zero-order valence-electron chi connectivity index (χ0n) is 11.0. The lowest BCUT2D eigenvalue weighted by Gasteiger charge is -2.04. The average molecular weight is 265 g/mol. The van der Waals surface area contributed by atoms with Gasteiger partial charge in [-0.2, -0.15) is 4.98 Å². The van der Waals surface area contributed by atoms with Gasteiger partial charge in [0.1, 0.15) is 0 Å². The number of carbonyl (C=O) groups is 1. The number of aromatic nitrogens is 3. The Bertz CT molecular complexity index is 594. The van der Waals surface area contributed by atoms with E-state index in [1.807, 2.05) is 0 Å². The van der Waals surface area contributed by atoms with Crippen molar-refractivity contribution >= 4 is 11.7 Å². The van der Waals surface area contributed by atoms with E-state index in [-0.39, 0.29) is 12.4 Å². The summed E-state index contributed by atoms with van der Waals surface area (Å²) < 4.78 is 16.8. The molecule has 0 aliphatic heterocycles. The normalized spacial score (nSPS) is 10.5. The van der Waals surface area contributed by atoms with Gasteiger partial charge in [-0.3, -0.25) is 9.20 Å². The van der Waals surface area contributed by atoms with Crippen LogP contribution in [-0.4, -0.2) is 41.2 Å². The van der Waals surface area contributed by atoms with Gasteiger partial charge in [0.15, 0.2) is 0 Å². The molecule has 7 heteroatoms. The number of esters is 1. The van der Waals surface area contributed by atoms with Crippen molar-refractivity contribution in [3.8, 4) is 11.8 Å². The first-order valence-corrected chi connectivity index (χ1v) is 5.80. The lowest BCUT2D eigenvalue weighted by Crippen LogP contribution is -2.07. The first-order valence-electron chi connectivity index (χ1n) is 5.80. The maximum absolute atomic E-state index is 11.4. The third kappa shape index (κ3) is 2.75. The molecule has 0 amide bonds. The van der Waals surface area contributed by atoms with Crippen LogP contribution in [0, 0.1) is 0 Å². The van der Waals surface area contributed by atoms with Crippen LogP contribution in [0.4, 0.5) is 0 Å². The third-order valence-electron chi connectivity index (χ3n) is 2.48. The minimum Gasteiger partial charge on any atom is -0.482 e. The van der Waals surface area contributed by atoms with Gasteiger partial charge < -0.3 is 14.2 Å². The molecule has 2 aromatic rings. The molecule has 7 nitrogen and oxygen atoms in total. The van der Waals surface area contributed by atoms with Gasteiger partial charge in [0.05, 0.1) is 39.0 Å². The molecule has 0 spiro atoms. The fourth-order valence-electron chi connectivity index (χ4n) is 1.67. The summed E-state index contributed by atoms with van der Waals surface area (Å²) in [5.74, 6) is 1.02. The molecule has 102 valence electrons. The lowest BCUT2D eigenvalue weighted by molar-refractivity contribution is -0.142. The number of methoxy groups -OCH3 is 2. The predicted octanol–water partition coefficient (Wildman–Crippen LogP) is 0.852. The van der Waals surface area contributed by atoms with Crippen molar-refractivity contribution in [1.29, 1.82) is 0 Å². The number of nitrogens with zero attached hydrogens (tertiary/aromatic N) is 3. The Labute approximate surface area is 110 Å². The van der Waals surface area contributed by atoms with Crippen molar-refractivity contribution in [2.24, 2.45) is 0 Å². The second kappa shape index (κ2) is 5.55. The molecule has 0 unspecified atom stereocenters. The minimum absolute atomic E-state index is 0.0999. The first-order chi connectivity index (χ1) is 9.17. The molecular weight excluding hydrogens is 250 g/mol. The van der Waals surface area contributed by atoms with E-state index in [0.717, 1.165) is 0 Å². The molecular formula is C12H15N3O4. The summed E-state index contributed by atoms with van der Waals surface area (Å²) in [6.45, 7) is 2.11. The second-order valence-electron chi connectivity index (χ2n) is 3.72. The van der Waals surface area contributed by atoms with Crippen molar-refractivity contribution in [2.45, 2.75) is 13.3 Å². The van der Waals surface area contributed by atoms with Crippen LogP contribution in [-0.2, 0) is 16.0 Å². The molecule has 2 rings (SSSR count). The molecule has 0 radical (unpaired) electrons. The van der Waals surface area contributed by atoms with E-state index >= 15 is 0 Å². The lowest BCUT2D eigenvalue weighted by atomic mass is 10.3. The SMILES string of the molecule is CCOC(=O)Cc1cn2c(OC)cc(OC)nc2n1. The summed E-state index contributed by atoms with van der Waals surface area (Å²) in [6, 6.07) is 1.64. The van der Waals surface area contributed by atoms with Gasteiger partial charge in [-0.15, -0.1) is 0 Å². The van der Waals surface area contributed by atoms with Crippen LogP contribution >= 0.6 is 0 Å². The number of ether oxygens (including phenoxy) is 3. The third-order valence-corrected chi connectivity index (χ3v) is 2.48. The molecule has 19 heavy (non-hydrogen) atoms. The van der Waals surface area contributed by atoms with Crippen molar-refractivity contribution < 1.29 is 19.0 Å². The molecule has 0 bridgehead atoms. The summed E-state index contributed by atoms with van der Waals surface area (Å²) in [7, 11) is 3.06. The second-order valence-corrected chi connectivity index (χ2v) is 3.72. The number of fused-ring (bicyclic) bond motifs is 1. The molecule has 0 aromatic carbocycles. The molecule has 0 saturated heterocycles. The highest BCUT2D eigenvalue weighted by atomic mass is 16.5. The van der Waals surface area contributed by atoms with Crippen molar-refractivity contribution in [1.82, 2.24) is 14.4 Å². The molecule has 0 atom stereocenters. The quantitative estimate of drug-likeness (QED) is 0.746. The van der Waals surface area contributed by atoms with E-state index in [1.165, 1.54) is 7.11 Å². The summed E-state index contributed by atoms with van der Waals surface area (Å²) in [6.07, 6.45) is 1.79. The first kappa shape index (κ1) is 13.1. The standard InChI is InChI=1S/C12H15N3O4/c1-4-19-11(16)5-8-7-15-10(18-3)6-9(17-2)14-12(15)13-8/h6-7H,4-5H2,1-3H3. The zero-order chi connectivity index (χ0) is 13.8. The number of carbonyl (C=O) groups excluding carboxylic acids is 1. The van der Waals surface area contributed by atoms with Gasteiger partial charge in [-0.05, 0) is 6.92 Å². The number of rotatable bonds is 5. The summed E-state index contributed by atoms with van der Waals surface area (Å²) in [5, 5.41) is 0. The maximum Gasteiger partial charge on any atom is 0.311 e. The zero-order valence-corrected chi connectivity index (χ0v) is 11.0. The molecule has 2 aromatic heterocycles. The molecule has 0 aliphatic carbocycles. The number of hydrogen-bond acceptors (Lipinski definition) is 6. The van der Waals surface area contributed by atoms with Gasteiger partial charge in [-0.25, -0.2) is 4.98 Å². The highest BCUT2D eigenvalue weighted by Crippen LogP contribution is 2.20. The fraction of sp³-hybridized carbons (Fsp3) is 0.417. The Kier molecular flexibility index (Phi) is 3.84. The molecule has 0 fully saturated rings. The van der Waals surface area contributed by atoms with Crippen molar-refractivity contribution in [3.05, 3.63) is 18.0 Å². The summed E-state index contributed by atoms with van der Waals surface area (Å²) in [4.78, 5) is 19.8. The summed E-state index contributed by atoms with van der Waals surface area (Å²) >= 11 is 0. The largest absolute Gasteiger partial charge is 0.482 e. The van der Waals surface area contributed by atoms with Crippen LogP contribution in [0.2, 0.25) is 0 Å². The monoisotopic (exact) mass is 265 g/mol. The van der Waals surface area contributed by atoms with Crippen LogP contribution in [0.15, 0.2) is 12.3 Å². The van der Waals surface area contributed by atoms with Crippen LogP contribution < -0.4 is 9.47 Å². The van der Waals surface area contributed by atoms with Crippen molar-refractivity contribution in [2.75, 3.05) is 20.8 Å². The Morgan fingerprint density at radius 1 is 1.32 bits per heavy atom. The Morgan fingerprint density at radius 2 is 2.11 bits per heavy atom. The fourth-order valence-corrected chi connectivity index (χ4v) is 1.67. The molecule has 2 heterocycles. The van der Waals surface area contributed by atoms with E-state index in [1.54, 1.807) is 30.7 Å². The Hall–Kier alpha value is -2.31. The topological polar surface area (TPSA) is 75.0 Å². The molecule has 0 aliphatic rings. The van der Waals surface area contributed by atoms with E-state index in [0.29, 0.717) is 29.8 Å². The molecule has 0 saturated carbocycles. The van der Waals surface area contributed by atoms with Crippen LogP contribution in [0.3, 0.4) is 0 Å².